The van der Waals surface area contributed by atoms with E-state index < -0.39 is 47.1 Å². The lowest BCUT2D eigenvalue weighted by atomic mass is 9.92. The molecule has 0 bridgehead atoms. The maximum atomic E-state index is 13.5. The highest BCUT2D eigenvalue weighted by Crippen LogP contribution is 2.28. The van der Waals surface area contributed by atoms with Crippen LogP contribution in [0, 0.1) is 5.82 Å². The van der Waals surface area contributed by atoms with Crippen molar-refractivity contribution in [1.29, 1.82) is 0 Å². The minimum absolute atomic E-state index is 0.0617. The van der Waals surface area contributed by atoms with Gasteiger partial charge in [-0.1, -0.05) is 24.3 Å². The molecule has 0 aliphatic carbocycles. The summed E-state index contributed by atoms with van der Waals surface area (Å²) in [6, 6.07) is 14.1. The van der Waals surface area contributed by atoms with Crippen LogP contribution in [0.3, 0.4) is 0 Å². The molecule has 12 nitrogen and oxygen atoms in total. The Hall–Kier alpha value is -5.07. The minimum Gasteiger partial charge on any atom is -0.481 e. The van der Waals surface area contributed by atoms with Crippen LogP contribution in [0.1, 0.15) is 70.7 Å². The summed E-state index contributed by atoms with van der Waals surface area (Å²) in [5.74, 6) is -2.25. The van der Waals surface area contributed by atoms with Gasteiger partial charge in [-0.05, 0) is 83.0 Å². The lowest BCUT2D eigenvalue weighted by Crippen LogP contribution is -2.44. The molecule has 234 valence electrons. The molecule has 0 saturated heterocycles. The third-order valence-corrected chi connectivity index (χ3v) is 5.73. The number of aliphatic carboxylic acids is 1. The summed E-state index contributed by atoms with van der Waals surface area (Å²) in [6.45, 7) is 10.1. The van der Waals surface area contributed by atoms with Gasteiger partial charge in [-0.15, -0.1) is 4.99 Å². The molecule has 1 atom stereocenters. The molecule has 44 heavy (non-hydrogen) atoms. The summed E-state index contributed by atoms with van der Waals surface area (Å²) < 4.78 is 24.1. The number of aliphatic imine (C=N–C) groups is 1. The summed E-state index contributed by atoms with van der Waals surface area (Å²) in [6.07, 6.45) is -0.490. The van der Waals surface area contributed by atoms with Gasteiger partial charge in [0.25, 0.3) is 0 Å². The molecule has 13 heteroatoms. The molecular formula is C31H37FN6O6. The van der Waals surface area contributed by atoms with E-state index in [2.05, 4.69) is 20.3 Å². The van der Waals surface area contributed by atoms with Crippen molar-refractivity contribution in [1.82, 2.24) is 14.9 Å². The molecule has 2 aromatic carbocycles. The van der Waals surface area contributed by atoms with Crippen LogP contribution in [0.5, 0.6) is 0 Å². The van der Waals surface area contributed by atoms with Gasteiger partial charge in [0.05, 0.1) is 18.7 Å². The van der Waals surface area contributed by atoms with Crippen LogP contribution < -0.4 is 11.1 Å². The van der Waals surface area contributed by atoms with Crippen molar-refractivity contribution >= 4 is 35.8 Å². The van der Waals surface area contributed by atoms with Crippen LogP contribution in [-0.4, -0.2) is 55.3 Å². The molecule has 0 fully saturated rings. The molecule has 0 aliphatic rings. The van der Waals surface area contributed by atoms with Gasteiger partial charge >= 0.3 is 18.2 Å². The van der Waals surface area contributed by atoms with Gasteiger partial charge in [0.15, 0.2) is 0 Å². The first-order chi connectivity index (χ1) is 20.5. The number of carbonyl (C=O) groups is 3. The number of rotatable bonds is 8. The summed E-state index contributed by atoms with van der Waals surface area (Å²) in [7, 11) is 0. The standard InChI is InChI=1S/C31H37FN6O6/c1-30(2,3)43-28(41)37-26(33)38(29(42)44-31(4,5)6)18-19-7-13-22(14-8-19)35-27-34-16-15-24(36-27)23(17-25(39)40)20-9-11-21(32)12-10-20/h7-16,23H,17-18H2,1-6H3,(H,39,40)(H2,33,37,41)(H,34,35,36). The number of halogens is 1. The molecule has 0 spiro atoms. The van der Waals surface area contributed by atoms with Crippen LogP contribution in [0.2, 0.25) is 0 Å². The molecule has 1 unspecified atom stereocenters. The van der Waals surface area contributed by atoms with Gasteiger partial charge in [-0.3, -0.25) is 4.79 Å². The fourth-order valence-electron chi connectivity index (χ4n) is 3.89. The van der Waals surface area contributed by atoms with Crippen molar-refractivity contribution in [3.05, 3.63) is 83.4 Å². The smallest absolute Gasteiger partial charge is 0.437 e. The van der Waals surface area contributed by atoms with Crippen LogP contribution >= 0.6 is 0 Å². The molecule has 4 N–H and O–H groups in total. The van der Waals surface area contributed by atoms with Crippen LogP contribution in [-0.2, 0) is 20.8 Å². The number of carbonyl (C=O) groups excluding carboxylic acids is 2. The van der Waals surface area contributed by atoms with E-state index in [-0.39, 0.29) is 18.9 Å². The molecule has 1 heterocycles. The van der Waals surface area contributed by atoms with Gasteiger partial charge in [-0.2, -0.15) is 0 Å². The van der Waals surface area contributed by atoms with E-state index in [1.54, 1.807) is 71.9 Å². The number of carboxylic acids is 1. The molecule has 0 aliphatic heterocycles. The molecule has 3 aromatic rings. The quantitative estimate of drug-likeness (QED) is 0.205. The van der Waals surface area contributed by atoms with E-state index in [0.29, 0.717) is 22.5 Å². The number of nitrogens with one attached hydrogen (secondary N) is 1. The Morgan fingerprint density at radius 1 is 0.977 bits per heavy atom. The van der Waals surface area contributed by atoms with Crippen molar-refractivity contribution in [2.24, 2.45) is 10.7 Å². The monoisotopic (exact) mass is 608 g/mol. The highest BCUT2D eigenvalue weighted by molar-refractivity contribution is 5.98. The number of amides is 2. The van der Waals surface area contributed by atoms with Crippen LogP contribution in [0.4, 0.5) is 25.6 Å². The fourth-order valence-corrected chi connectivity index (χ4v) is 3.89. The third kappa shape index (κ3) is 10.6. The van der Waals surface area contributed by atoms with E-state index in [0.717, 1.165) is 4.90 Å². The normalized spacial score (nSPS) is 12.7. The first kappa shape index (κ1) is 33.4. The molecule has 3 rings (SSSR count). The van der Waals surface area contributed by atoms with E-state index >= 15 is 0 Å². The van der Waals surface area contributed by atoms with E-state index in [4.69, 9.17) is 15.2 Å². The summed E-state index contributed by atoms with van der Waals surface area (Å²) in [4.78, 5) is 50.2. The first-order valence-electron chi connectivity index (χ1n) is 13.7. The highest BCUT2D eigenvalue weighted by atomic mass is 19.1. The number of anilines is 2. The van der Waals surface area contributed by atoms with Gasteiger partial charge in [0.1, 0.15) is 17.0 Å². The summed E-state index contributed by atoms with van der Waals surface area (Å²) >= 11 is 0. The maximum Gasteiger partial charge on any atom is 0.437 e. The number of benzene rings is 2. The zero-order valence-electron chi connectivity index (χ0n) is 25.5. The van der Waals surface area contributed by atoms with E-state index in [9.17, 15) is 23.9 Å². The highest BCUT2D eigenvalue weighted by Gasteiger charge is 2.27. The SMILES string of the molecule is CC(C)(C)OC(=O)N=C(N)N(Cc1ccc(Nc2nccc(C(CC(=O)O)c3ccc(F)cc3)n2)cc1)C(=O)OC(C)(C)C. The Morgan fingerprint density at radius 3 is 2.16 bits per heavy atom. The molecule has 0 radical (unpaired) electrons. The first-order valence-corrected chi connectivity index (χ1v) is 13.7. The number of nitrogens with zero attached hydrogens (tertiary/aromatic N) is 4. The number of guanidine groups is 1. The summed E-state index contributed by atoms with van der Waals surface area (Å²) in [5.41, 5.74) is 6.70. The molecule has 2 amide bonds. The Morgan fingerprint density at radius 2 is 1.59 bits per heavy atom. The van der Waals surface area contributed by atoms with Gasteiger partial charge in [0, 0.05) is 17.8 Å². The predicted molar refractivity (Wildman–Crippen MR) is 162 cm³/mol. The number of carboxylic acid groups (broad SMARTS) is 1. The van der Waals surface area contributed by atoms with Crippen molar-refractivity contribution in [2.45, 2.75) is 71.6 Å². The number of hydrogen-bond donors (Lipinski definition) is 3. The second-order valence-electron chi connectivity index (χ2n) is 11.8. The van der Waals surface area contributed by atoms with Gasteiger partial charge < -0.3 is 25.6 Å². The average Bonchev–Trinajstić information content (AvgIpc) is 2.89. The lowest BCUT2D eigenvalue weighted by Gasteiger charge is -2.27. The van der Waals surface area contributed by atoms with E-state index in [1.165, 1.54) is 30.5 Å². The summed E-state index contributed by atoms with van der Waals surface area (Å²) in [5, 5.41) is 12.5. The van der Waals surface area contributed by atoms with Crippen LogP contribution in [0.15, 0.2) is 65.8 Å². The average molecular weight is 609 g/mol. The molecular weight excluding hydrogens is 571 g/mol. The number of hydrogen-bond acceptors (Lipinski definition) is 8. The van der Waals surface area contributed by atoms with Crippen LogP contribution in [0.25, 0.3) is 0 Å². The fraction of sp³-hybridized carbons (Fsp3) is 0.355. The van der Waals surface area contributed by atoms with Crippen molar-refractivity contribution in [3.8, 4) is 0 Å². The maximum absolute atomic E-state index is 13.5. The predicted octanol–water partition coefficient (Wildman–Crippen LogP) is 5.95. The molecule has 0 saturated carbocycles. The van der Waals surface area contributed by atoms with Crippen molar-refractivity contribution in [3.63, 3.8) is 0 Å². The van der Waals surface area contributed by atoms with Crippen molar-refractivity contribution in [2.75, 3.05) is 5.32 Å². The van der Waals surface area contributed by atoms with Gasteiger partial charge in [-0.25, -0.2) is 28.8 Å². The van der Waals surface area contributed by atoms with Crippen molar-refractivity contribution < 1.29 is 33.4 Å². The second-order valence-corrected chi connectivity index (χ2v) is 11.8. The Balaban J connectivity index is 1.80. The Kier molecular flexibility index (Phi) is 10.6. The number of ether oxygens (including phenoxy) is 2. The lowest BCUT2D eigenvalue weighted by molar-refractivity contribution is -0.137. The minimum atomic E-state index is -1.03. The topological polar surface area (TPSA) is 169 Å². The molecule has 1 aromatic heterocycles. The largest absolute Gasteiger partial charge is 0.481 e. The number of nitrogens with two attached hydrogens (primary N) is 1. The Bertz CT molecular complexity index is 1500. The second kappa shape index (κ2) is 13.9. The zero-order chi connectivity index (χ0) is 32.7. The third-order valence-electron chi connectivity index (χ3n) is 5.73. The Labute approximate surface area is 255 Å². The van der Waals surface area contributed by atoms with Gasteiger partial charge in [0.2, 0.25) is 11.9 Å². The van der Waals surface area contributed by atoms with E-state index in [1.807, 2.05) is 0 Å². The number of aromatic nitrogens is 2. The zero-order valence-corrected chi connectivity index (χ0v) is 25.5.